The van der Waals surface area contributed by atoms with Gasteiger partial charge >= 0.3 is 0 Å². The molecule has 92 valence electrons. The van der Waals surface area contributed by atoms with Crippen LogP contribution in [-0.2, 0) is 4.74 Å². The van der Waals surface area contributed by atoms with Crippen LogP contribution in [0.3, 0.4) is 0 Å². The third kappa shape index (κ3) is 2.00. The average molecular weight is 240 g/mol. The molecule has 0 radical (unpaired) electrons. The second-order valence-corrected chi connectivity index (χ2v) is 4.64. The summed E-state index contributed by atoms with van der Waals surface area (Å²) in [5.74, 6) is 0. The largest absolute Gasteiger partial charge is 0.501 e. The fraction of sp³-hybridized carbons (Fsp3) is 0.250. The smallest absolute Gasteiger partial charge is 0.104 e. The summed E-state index contributed by atoms with van der Waals surface area (Å²) < 4.78 is 5.31. The molecular weight excluding hydrogens is 224 g/mol. The third-order valence-electron chi connectivity index (χ3n) is 3.43. The standard InChI is InChI=1S/C16H16O2/c17-16(13-7-4-10-18-11-13)15-9-3-6-12-5-1-2-8-14(12)15/h1-3,5-6,8-9,11,16-17H,4,7,10H2. The fourth-order valence-electron chi connectivity index (χ4n) is 2.47. The molecule has 0 spiro atoms. The molecule has 3 rings (SSSR count). The van der Waals surface area contributed by atoms with Crippen molar-refractivity contribution >= 4 is 10.8 Å². The first-order chi connectivity index (χ1) is 8.86. The van der Waals surface area contributed by atoms with E-state index in [4.69, 9.17) is 4.74 Å². The number of aliphatic hydroxyl groups excluding tert-OH is 1. The van der Waals surface area contributed by atoms with E-state index in [1.165, 1.54) is 0 Å². The van der Waals surface area contributed by atoms with Gasteiger partial charge in [0.25, 0.3) is 0 Å². The SMILES string of the molecule is OC(C1=COCCC1)c1cccc2ccccc12. The zero-order valence-corrected chi connectivity index (χ0v) is 10.2. The van der Waals surface area contributed by atoms with E-state index < -0.39 is 6.10 Å². The van der Waals surface area contributed by atoms with Crippen molar-refractivity contribution in [1.29, 1.82) is 0 Å². The average Bonchev–Trinajstić information content (AvgIpc) is 2.47. The summed E-state index contributed by atoms with van der Waals surface area (Å²) in [4.78, 5) is 0. The molecule has 0 aromatic heterocycles. The molecule has 0 bridgehead atoms. The lowest BCUT2D eigenvalue weighted by atomic mass is 9.94. The van der Waals surface area contributed by atoms with Gasteiger partial charge in [0, 0.05) is 0 Å². The Labute approximate surface area is 107 Å². The van der Waals surface area contributed by atoms with Crippen LogP contribution in [0.15, 0.2) is 54.3 Å². The summed E-state index contributed by atoms with van der Waals surface area (Å²) in [6.45, 7) is 0.756. The third-order valence-corrected chi connectivity index (χ3v) is 3.43. The van der Waals surface area contributed by atoms with Crippen molar-refractivity contribution < 1.29 is 9.84 Å². The van der Waals surface area contributed by atoms with E-state index in [1.54, 1.807) is 6.26 Å². The summed E-state index contributed by atoms with van der Waals surface area (Å²) in [6.07, 6.45) is 3.05. The Kier molecular flexibility index (Phi) is 3.03. The Morgan fingerprint density at radius 2 is 1.89 bits per heavy atom. The molecule has 0 amide bonds. The van der Waals surface area contributed by atoms with Crippen LogP contribution >= 0.6 is 0 Å². The quantitative estimate of drug-likeness (QED) is 0.869. The van der Waals surface area contributed by atoms with Gasteiger partial charge in [-0.15, -0.1) is 0 Å². The van der Waals surface area contributed by atoms with E-state index in [1.807, 2.05) is 24.3 Å². The molecule has 0 aliphatic carbocycles. The molecule has 1 N–H and O–H groups in total. The number of benzene rings is 2. The molecule has 1 atom stereocenters. The van der Waals surface area contributed by atoms with Crippen molar-refractivity contribution in [1.82, 2.24) is 0 Å². The van der Waals surface area contributed by atoms with Crippen molar-refractivity contribution in [2.24, 2.45) is 0 Å². The first-order valence-electron chi connectivity index (χ1n) is 6.32. The molecular formula is C16H16O2. The van der Waals surface area contributed by atoms with Gasteiger partial charge in [0.1, 0.15) is 6.10 Å². The molecule has 2 nitrogen and oxygen atoms in total. The van der Waals surface area contributed by atoms with Crippen molar-refractivity contribution in [3.63, 3.8) is 0 Å². The molecule has 0 saturated carbocycles. The molecule has 2 aromatic rings. The van der Waals surface area contributed by atoms with Crippen molar-refractivity contribution in [2.75, 3.05) is 6.61 Å². The Hall–Kier alpha value is -1.80. The Balaban J connectivity index is 2.05. The molecule has 0 saturated heterocycles. The number of hydrogen-bond donors (Lipinski definition) is 1. The van der Waals surface area contributed by atoms with Gasteiger partial charge in [-0.3, -0.25) is 0 Å². The van der Waals surface area contributed by atoms with Gasteiger partial charge in [0.15, 0.2) is 0 Å². The van der Waals surface area contributed by atoms with Gasteiger partial charge < -0.3 is 9.84 Å². The van der Waals surface area contributed by atoms with Gasteiger partial charge in [0.2, 0.25) is 0 Å². The predicted molar refractivity (Wildman–Crippen MR) is 72.2 cm³/mol. The zero-order chi connectivity index (χ0) is 12.4. The molecule has 18 heavy (non-hydrogen) atoms. The maximum atomic E-state index is 10.5. The molecule has 1 aliphatic rings. The van der Waals surface area contributed by atoms with Gasteiger partial charge in [0.05, 0.1) is 12.9 Å². The lowest BCUT2D eigenvalue weighted by molar-refractivity contribution is 0.171. The number of hydrogen-bond acceptors (Lipinski definition) is 2. The first kappa shape index (κ1) is 11.3. The summed E-state index contributed by atoms with van der Waals surface area (Å²) in [5.41, 5.74) is 1.93. The summed E-state index contributed by atoms with van der Waals surface area (Å²) in [6, 6.07) is 14.2. The highest BCUT2D eigenvalue weighted by molar-refractivity contribution is 5.86. The van der Waals surface area contributed by atoms with Crippen LogP contribution in [0.25, 0.3) is 10.8 Å². The van der Waals surface area contributed by atoms with E-state index in [9.17, 15) is 5.11 Å². The van der Waals surface area contributed by atoms with E-state index in [0.29, 0.717) is 0 Å². The number of rotatable bonds is 2. The molecule has 2 heteroatoms. The van der Waals surface area contributed by atoms with Gasteiger partial charge in [-0.25, -0.2) is 0 Å². The van der Waals surface area contributed by atoms with Crippen molar-refractivity contribution in [2.45, 2.75) is 18.9 Å². The van der Waals surface area contributed by atoms with E-state index in [-0.39, 0.29) is 0 Å². The topological polar surface area (TPSA) is 29.5 Å². The van der Waals surface area contributed by atoms with Gasteiger partial charge in [-0.05, 0) is 34.8 Å². The molecule has 0 fully saturated rings. The summed E-state index contributed by atoms with van der Waals surface area (Å²) in [5, 5.41) is 12.8. The van der Waals surface area contributed by atoms with Crippen LogP contribution in [-0.4, -0.2) is 11.7 Å². The Morgan fingerprint density at radius 1 is 1.06 bits per heavy atom. The van der Waals surface area contributed by atoms with Crippen LogP contribution in [0.1, 0.15) is 24.5 Å². The second-order valence-electron chi connectivity index (χ2n) is 4.64. The van der Waals surface area contributed by atoms with Crippen molar-refractivity contribution in [3.05, 3.63) is 59.9 Å². The number of aliphatic hydroxyl groups is 1. The molecule has 1 unspecified atom stereocenters. The lowest BCUT2D eigenvalue weighted by Gasteiger charge is -2.20. The zero-order valence-electron chi connectivity index (χ0n) is 10.2. The van der Waals surface area contributed by atoms with Crippen LogP contribution in [0.2, 0.25) is 0 Å². The minimum atomic E-state index is -0.559. The lowest BCUT2D eigenvalue weighted by Crippen LogP contribution is -2.08. The number of fused-ring (bicyclic) bond motifs is 1. The first-order valence-corrected chi connectivity index (χ1v) is 6.32. The Morgan fingerprint density at radius 3 is 2.72 bits per heavy atom. The monoisotopic (exact) mass is 240 g/mol. The minimum Gasteiger partial charge on any atom is -0.501 e. The second kappa shape index (κ2) is 4.83. The van der Waals surface area contributed by atoms with Crippen molar-refractivity contribution in [3.8, 4) is 0 Å². The number of ether oxygens (including phenoxy) is 1. The summed E-state index contributed by atoms with van der Waals surface area (Å²) >= 11 is 0. The predicted octanol–water partition coefficient (Wildman–Crippen LogP) is 3.57. The normalized spacial score (nSPS) is 17.1. The highest BCUT2D eigenvalue weighted by atomic mass is 16.5. The summed E-state index contributed by atoms with van der Waals surface area (Å²) in [7, 11) is 0. The van der Waals surface area contributed by atoms with Crippen LogP contribution in [0, 0.1) is 0 Å². The highest BCUT2D eigenvalue weighted by Gasteiger charge is 2.18. The fourth-order valence-corrected chi connectivity index (χ4v) is 2.47. The minimum absolute atomic E-state index is 0.559. The Bertz CT molecular complexity index is 581. The molecule has 1 heterocycles. The van der Waals surface area contributed by atoms with Crippen LogP contribution in [0.4, 0.5) is 0 Å². The van der Waals surface area contributed by atoms with Crippen LogP contribution < -0.4 is 0 Å². The maximum Gasteiger partial charge on any atom is 0.104 e. The van der Waals surface area contributed by atoms with E-state index in [2.05, 4.69) is 18.2 Å². The van der Waals surface area contributed by atoms with Crippen LogP contribution in [0.5, 0.6) is 0 Å². The van der Waals surface area contributed by atoms with Gasteiger partial charge in [-0.1, -0.05) is 42.5 Å². The van der Waals surface area contributed by atoms with E-state index in [0.717, 1.165) is 41.4 Å². The maximum absolute atomic E-state index is 10.5. The highest BCUT2D eigenvalue weighted by Crippen LogP contribution is 2.31. The van der Waals surface area contributed by atoms with E-state index >= 15 is 0 Å². The molecule has 2 aromatic carbocycles. The molecule has 1 aliphatic heterocycles. The van der Waals surface area contributed by atoms with Gasteiger partial charge in [-0.2, -0.15) is 0 Å².